The molecular formula is C11H15N5O4. The van der Waals surface area contributed by atoms with Crippen LogP contribution in [0.4, 0.5) is 4.79 Å². The van der Waals surface area contributed by atoms with E-state index in [0.717, 1.165) is 0 Å². The van der Waals surface area contributed by atoms with E-state index >= 15 is 0 Å². The van der Waals surface area contributed by atoms with Crippen LogP contribution >= 0.6 is 0 Å². The number of aromatic amines is 1. The number of hydrogen-bond acceptors (Lipinski definition) is 4. The van der Waals surface area contributed by atoms with Crippen LogP contribution < -0.4 is 16.0 Å². The first-order chi connectivity index (χ1) is 9.54. The van der Waals surface area contributed by atoms with Crippen molar-refractivity contribution in [1.29, 1.82) is 0 Å². The van der Waals surface area contributed by atoms with Crippen LogP contribution in [0.15, 0.2) is 12.5 Å². The van der Waals surface area contributed by atoms with Crippen LogP contribution in [0.5, 0.6) is 0 Å². The van der Waals surface area contributed by atoms with Gasteiger partial charge in [-0.15, -0.1) is 0 Å². The van der Waals surface area contributed by atoms with Gasteiger partial charge < -0.3 is 26.0 Å². The Hall–Kier alpha value is -2.58. The standard InChI is InChI=1S/C11H15N5O4/c17-9-2-7(4-13-9)15-11(20)16-8(10(18)19)1-6-3-12-5-14-6/h3,5,7-8H,1-2,4H2,(H,12,14)(H,13,17)(H,18,19)(H2,15,16,20). The van der Waals surface area contributed by atoms with Gasteiger partial charge in [0, 0.05) is 31.3 Å². The fraction of sp³-hybridized carbons (Fsp3) is 0.455. The van der Waals surface area contributed by atoms with Gasteiger partial charge in [0.1, 0.15) is 6.04 Å². The molecule has 9 heteroatoms. The molecule has 108 valence electrons. The van der Waals surface area contributed by atoms with Gasteiger partial charge in [-0.05, 0) is 0 Å². The lowest BCUT2D eigenvalue weighted by Gasteiger charge is -2.16. The smallest absolute Gasteiger partial charge is 0.326 e. The number of amides is 3. The Kier molecular flexibility index (Phi) is 4.18. The van der Waals surface area contributed by atoms with E-state index in [1.807, 2.05) is 0 Å². The SMILES string of the molecule is O=C1CC(NC(=O)NC(Cc2cnc[nH]2)C(=O)O)CN1. The van der Waals surface area contributed by atoms with Crippen LogP contribution in [0.25, 0.3) is 0 Å². The molecule has 2 atom stereocenters. The molecule has 3 amide bonds. The summed E-state index contributed by atoms with van der Waals surface area (Å²) in [5.41, 5.74) is 0.607. The second kappa shape index (κ2) is 6.04. The minimum atomic E-state index is -1.14. The Morgan fingerprint density at radius 2 is 2.35 bits per heavy atom. The normalized spacial score (nSPS) is 19.2. The summed E-state index contributed by atoms with van der Waals surface area (Å²) < 4.78 is 0. The van der Waals surface area contributed by atoms with E-state index in [1.165, 1.54) is 12.5 Å². The summed E-state index contributed by atoms with van der Waals surface area (Å²) in [6.07, 6.45) is 3.23. The Morgan fingerprint density at radius 1 is 1.55 bits per heavy atom. The number of carbonyl (C=O) groups excluding carboxylic acids is 2. The van der Waals surface area contributed by atoms with Crippen molar-refractivity contribution in [2.45, 2.75) is 24.9 Å². The number of nitrogens with one attached hydrogen (secondary N) is 4. The topological polar surface area (TPSA) is 136 Å². The molecule has 1 aromatic heterocycles. The molecule has 0 saturated carbocycles. The number of urea groups is 1. The minimum Gasteiger partial charge on any atom is -0.480 e. The van der Waals surface area contributed by atoms with E-state index in [2.05, 4.69) is 25.9 Å². The number of carboxylic acids is 1. The molecule has 0 aliphatic carbocycles. The maximum absolute atomic E-state index is 11.7. The molecule has 1 aliphatic rings. The van der Waals surface area contributed by atoms with E-state index in [4.69, 9.17) is 5.11 Å². The molecule has 9 nitrogen and oxygen atoms in total. The number of imidazole rings is 1. The zero-order valence-corrected chi connectivity index (χ0v) is 10.5. The van der Waals surface area contributed by atoms with Crippen LogP contribution in [0, 0.1) is 0 Å². The highest BCUT2D eigenvalue weighted by molar-refractivity contribution is 5.84. The second-order valence-electron chi connectivity index (χ2n) is 4.49. The average molecular weight is 281 g/mol. The lowest BCUT2D eigenvalue weighted by molar-refractivity contribution is -0.139. The first-order valence-electron chi connectivity index (χ1n) is 6.08. The van der Waals surface area contributed by atoms with Crippen molar-refractivity contribution in [2.24, 2.45) is 0 Å². The molecule has 0 radical (unpaired) electrons. The molecule has 1 fully saturated rings. The minimum absolute atomic E-state index is 0.102. The van der Waals surface area contributed by atoms with Crippen molar-refractivity contribution >= 4 is 17.9 Å². The van der Waals surface area contributed by atoms with Crippen molar-refractivity contribution in [3.05, 3.63) is 18.2 Å². The number of aromatic nitrogens is 2. The number of nitrogens with zero attached hydrogens (tertiary/aromatic N) is 1. The van der Waals surface area contributed by atoms with Crippen LogP contribution in [0.3, 0.4) is 0 Å². The Balaban J connectivity index is 1.86. The van der Waals surface area contributed by atoms with Crippen molar-refractivity contribution in [3.63, 3.8) is 0 Å². The van der Waals surface area contributed by atoms with E-state index < -0.39 is 18.0 Å². The molecule has 1 aromatic rings. The predicted octanol–water partition coefficient (Wildman–Crippen LogP) is -1.41. The molecule has 20 heavy (non-hydrogen) atoms. The van der Waals surface area contributed by atoms with Gasteiger partial charge >= 0.3 is 12.0 Å². The van der Waals surface area contributed by atoms with E-state index in [0.29, 0.717) is 12.2 Å². The third-order valence-electron chi connectivity index (χ3n) is 2.89. The second-order valence-corrected chi connectivity index (χ2v) is 4.49. The first-order valence-corrected chi connectivity index (χ1v) is 6.08. The highest BCUT2D eigenvalue weighted by Crippen LogP contribution is 2.01. The zero-order valence-electron chi connectivity index (χ0n) is 10.5. The molecule has 5 N–H and O–H groups in total. The highest BCUT2D eigenvalue weighted by Gasteiger charge is 2.25. The Morgan fingerprint density at radius 3 is 2.90 bits per heavy atom. The Bertz CT molecular complexity index is 501. The molecule has 0 spiro atoms. The number of carbonyl (C=O) groups is 3. The van der Waals surface area contributed by atoms with E-state index in [1.54, 1.807) is 0 Å². The summed E-state index contributed by atoms with van der Waals surface area (Å²) in [6.45, 7) is 0.352. The molecule has 0 aromatic carbocycles. The summed E-state index contributed by atoms with van der Waals surface area (Å²) in [5.74, 6) is -1.28. The van der Waals surface area contributed by atoms with Crippen LogP contribution in [0.1, 0.15) is 12.1 Å². The number of H-pyrrole nitrogens is 1. The molecule has 1 saturated heterocycles. The maximum atomic E-state index is 11.7. The Labute approximate surface area is 114 Å². The molecule has 2 unspecified atom stereocenters. The monoisotopic (exact) mass is 281 g/mol. The lowest BCUT2D eigenvalue weighted by atomic mass is 10.1. The third kappa shape index (κ3) is 3.70. The summed E-state index contributed by atoms with van der Waals surface area (Å²) in [6, 6.07) is -2.00. The van der Waals surface area contributed by atoms with Gasteiger partial charge in [-0.25, -0.2) is 14.6 Å². The molecule has 2 rings (SSSR count). The van der Waals surface area contributed by atoms with Crippen LogP contribution in [-0.2, 0) is 16.0 Å². The zero-order chi connectivity index (χ0) is 14.5. The first kappa shape index (κ1) is 13.8. The van der Waals surface area contributed by atoms with Crippen molar-refractivity contribution in [2.75, 3.05) is 6.54 Å². The van der Waals surface area contributed by atoms with Crippen molar-refractivity contribution in [1.82, 2.24) is 25.9 Å². The quantitative estimate of drug-likeness (QED) is 0.452. The van der Waals surface area contributed by atoms with Crippen LogP contribution in [0.2, 0.25) is 0 Å². The summed E-state index contributed by atoms with van der Waals surface area (Å²) in [5, 5.41) is 16.6. The molecule has 2 heterocycles. The number of aliphatic carboxylic acids is 1. The highest BCUT2D eigenvalue weighted by atomic mass is 16.4. The van der Waals surface area contributed by atoms with E-state index in [-0.39, 0.29) is 24.8 Å². The van der Waals surface area contributed by atoms with Gasteiger partial charge in [-0.1, -0.05) is 0 Å². The summed E-state index contributed by atoms with van der Waals surface area (Å²) in [4.78, 5) is 40.4. The lowest BCUT2D eigenvalue weighted by Crippen LogP contribution is -2.50. The van der Waals surface area contributed by atoms with Crippen molar-refractivity contribution in [3.8, 4) is 0 Å². The van der Waals surface area contributed by atoms with Gasteiger partial charge in [-0.3, -0.25) is 4.79 Å². The van der Waals surface area contributed by atoms with E-state index in [9.17, 15) is 14.4 Å². The summed E-state index contributed by atoms with van der Waals surface area (Å²) >= 11 is 0. The number of hydrogen-bond donors (Lipinski definition) is 5. The fourth-order valence-corrected chi connectivity index (χ4v) is 1.91. The summed E-state index contributed by atoms with van der Waals surface area (Å²) in [7, 11) is 0. The number of carboxylic acid groups (broad SMARTS) is 1. The van der Waals surface area contributed by atoms with Gasteiger partial charge in [0.25, 0.3) is 0 Å². The molecule has 1 aliphatic heterocycles. The fourth-order valence-electron chi connectivity index (χ4n) is 1.91. The van der Waals surface area contributed by atoms with Gasteiger partial charge in [0.2, 0.25) is 5.91 Å². The molecular weight excluding hydrogens is 266 g/mol. The van der Waals surface area contributed by atoms with Gasteiger partial charge in [0.05, 0.1) is 12.4 Å². The number of rotatable bonds is 5. The average Bonchev–Trinajstić information content (AvgIpc) is 3.00. The van der Waals surface area contributed by atoms with Gasteiger partial charge in [-0.2, -0.15) is 0 Å². The largest absolute Gasteiger partial charge is 0.480 e. The van der Waals surface area contributed by atoms with Crippen LogP contribution in [-0.4, -0.2) is 51.6 Å². The predicted molar refractivity (Wildman–Crippen MR) is 66.8 cm³/mol. The third-order valence-corrected chi connectivity index (χ3v) is 2.89. The molecule has 0 bridgehead atoms. The maximum Gasteiger partial charge on any atom is 0.326 e. The van der Waals surface area contributed by atoms with Crippen molar-refractivity contribution < 1.29 is 19.5 Å². The van der Waals surface area contributed by atoms with Gasteiger partial charge in [0.15, 0.2) is 0 Å².